The Morgan fingerprint density at radius 2 is 2.47 bits per heavy atom. The number of hydrogen-bond donors (Lipinski definition) is 1. The van der Waals surface area contributed by atoms with E-state index in [1.54, 1.807) is 17.5 Å². The maximum atomic E-state index is 12.1. The Bertz CT molecular complexity index is 492. The standard InChI is InChI=1S/C12H13N3OS/c16-12(10-3-6-17-8-10)15-5-2-9(7-15)11-1-4-13-14-11/h1,3-4,6,8-9H,2,5,7H2,(H,13,14). The minimum Gasteiger partial charge on any atom is -0.338 e. The molecule has 1 fully saturated rings. The summed E-state index contributed by atoms with van der Waals surface area (Å²) < 4.78 is 0. The number of nitrogens with one attached hydrogen (secondary N) is 1. The smallest absolute Gasteiger partial charge is 0.254 e. The van der Waals surface area contributed by atoms with Gasteiger partial charge in [0.05, 0.1) is 5.56 Å². The molecule has 0 bridgehead atoms. The maximum Gasteiger partial charge on any atom is 0.254 e. The third-order valence-electron chi connectivity index (χ3n) is 3.21. The van der Waals surface area contributed by atoms with Crippen LogP contribution in [0.1, 0.15) is 28.4 Å². The SMILES string of the molecule is O=C(c1ccsc1)N1CCC(c2ccn[nH]2)C1. The molecule has 88 valence electrons. The second kappa shape index (κ2) is 4.33. The molecule has 17 heavy (non-hydrogen) atoms. The van der Waals surface area contributed by atoms with Crippen LogP contribution in [0, 0.1) is 0 Å². The molecule has 4 nitrogen and oxygen atoms in total. The first-order valence-electron chi connectivity index (χ1n) is 5.65. The lowest BCUT2D eigenvalue weighted by Crippen LogP contribution is -2.28. The van der Waals surface area contributed by atoms with Crippen molar-refractivity contribution in [1.82, 2.24) is 15.1 Å². The molecular weight excluding hydrogens is 234 g/mol. The Morgan fingerprint density at radius 3 is 3.18 bits per heavy atom. The number of hydrogen-bond acceptors (Lipinski definition) is 3. The van der Waals surface area contributed by atoms with Gasteiger partial charge in [-0.1, -0.05) is 0 Å². The lowest BCUT2D eigenvalue weighted by atomic mass is 10.1. The Balaban J connectivity index is 1.70. The first kappa shape index (κ1) is 10.5. The molecule has 1 aliphatic heterocycles. The van der Waals surface area contributed by atoms with Crippen molar-refractivity contribution in [1.29, 1.82) is 0 Å². The number of H-pyrrole nitrogens is 1. The molecule has 0 aromatic carbocycles. The van der Waals surface area contributed by atoms with Gasteiger partial charge in [0.1, 0.15) is 0 Å². The van der Waals surface area contributed by atoms with Crippen LogP contribution in [0.5, 0.6) is 0 Å². The number of carbonyl (C=O) groups is 1. The number of nitrogens with zero attached hydrogens (tertiary/aromatic N) is 2. The van der Waals surface area contributed by atoms with Gasteiger partial charge in [-0.3, -0.25) is 9.89 Å². The molecule has 1 unspecified atom stereocenters. The van der Waals surface area contributed by atoms with Crippen LogP contribution < -0.4 is 0 Å². The van der Waals surface area contributed by atoms with Gasteiger partial charge < -0.3 is 4.90 Å². The molecule has 5 heteroatoms. The molecule has 1 aliphatic rings. The van der Waals surface area contributed by atoms with Crippen molar-refractivity contribution in [3.8, 4) is 0 Å². The summed E-state index contributed by atoms with van der Waals surface area (Å²) in [4.78, 5) is 14.1. The maximum absolute atomic E-state index is 12.1. The van der Waals surface area contributed by atoms with E-state index in [0.29, 0.717) is 5.92 Å². The summed E-state index contributed by atoms with van der Waals surface area (Å²) in [6.07, 6.45) is 2.77. The number of aromatic nitrogens is 2. The van der Waals surface area contributed by atoms with Crippen LogP contribution >= 0.6 is 11.3 Å². The molecule has 1 N–H and O–H groups in total. The lowest BCUT2D eigenvalue weighted by Gasteiger charge is -2.15. The third-order valence-corrected chi connectivity index (χ3v) is 3.89. The van der Waals surface area contributed by atoms with Crippen LogP contribution in [0.25, 0.3) is 0 Å². The minimum absolute atomic E-state index is 0.147. The zero-order chi connectivity index (χ0) is 11.7. The number of likely N-dealkylation sites (tertiary alicyclic amines) is 1. The highest BCUT2D eigenvalue weighted by Gasteiger charge is 2.28. The van der Waals surface area contributed by atoms with Crippen LogP contribution in [0.3, 0.4) is 0 Å². The van der Waals surface area contributed by atoms with Gasteiger partial charge in [0.2, 0.25) is 0 Å². The first-order valence-corrected chi connectivity index (χ1v) is 6.59. The highest BCUT2D eigenvalue weighted by atomic mass is 32.1. The van der Waals surface area contributed by atoms with Crippen molar-refractivity contribution in [3.63, 3.8) is 0 Å². The second-order valence-electron chi connectivity index (χ2n) is 4.26. The molecule has 2 aromatic rings. The molecule has 0 saturated carbocycles. The molecule has 2 aromatic heterocycles. The molecule has 1 amide bonds. The van der Waals surface area contributed by atoms with Crippen LogP contribution in [0.4, 0.5) is 0 Å². The highest BCUT2D eigenvalue weighted by molar-refractivity contribution is 7.08. The van der Waals surface area contributed by atoms with Crippen LogP contribution in [-0.2, 0) is 0 Å². The number of rotatable bonds is 2. The fourth-order valence-electron chi connectivity index (χ4n) is 2.26. The molecule has 0 radical (unpaired) electrons. The van der Waals surface area contributed by atoms with E-state index in [0.717, 1.165) is 30.8 Å². The number of carbonyl (C=O) groups excluding carboxylic acids is 1. The predicted octanol–water partition coefficient (Wildman–Crippen LogP) is 2.10. The van der Waals surface area contributed by atoms with Gasteiger partial charge in [-0.15, -0.1) is 0 Å². The average molecular weight is 247 g/mol. The summed E-state index contributed by atoms with van der Waals surface area (Å²) in [6.45, 7) is 1.62. The predicted molar refractivity (Wildman–Crippen MR) is 66.2 cm³/mol. The van der Waals surface area contributed by atoms with Crippen molar-refractivity contribution in [2.75, 3.05) is 13.1 Å². The summed E-state index contributed by atoms with van der Waals surface area (Å²) in [7, 11) is 0. The summed E-state index contributed by atoms with van der Waals surface area (Å²) in [5.41, 5.74) is 1.94. The summed E-state index contributed by atoms with van der Waals surface area (Å²) in [5.74, 6) is 0.549. The van der Waals surface area contributed by atoms with Gasteiger partial charge in [-0.25, -0.2) is 0 Å². The Labute approximate surface area is 103 Å². The fraction of sp³-hybridized carbons (Fsp3) is 0.333. The highest BCUT2D eigenvalue weighted by Crippen LogP contribution is 2.26. The normalized spacial score (nSPS) is 19.8. The van der Waals surface area contributed by atoms with Crippen LogP contribution in [0.2, 0.25) is 0 Å². The summed E-state index contributed by atoms with van der Waals surface area (Å²) in [5, 5.41) is 10.8. The number of amides is 1. The Hall–Kier alpha value is -1.62. The first-order chi connectivity index (χ1) is 8.34. The Kier molecular flexibility index (Phi) is 2.68. The summed E-state index contributed by atoms with van der Waals surface area (Å²) >= 11 is 1.56. The zero-order valence-corrected chi connectivity index (χ0v) is 10.1. The van der Waals surface area contributed by atoms with E-state index < -0.39 is 0 Å². The van der Waals surface area contributed by atoms with Crippen molar-refractivity contribution in [2.24, 2.45) is 0 Å². The molecule has 1 atom stereocenters. The van der Waals surface area contributed by atoms with E-state index in [9.17, 15) is 4.79 Å². The largest absolute Gasteiger partial charge is 0.338 e. The second-order valence-corrected chi connectivity index (χ2v) is 5.04. The van der Waals surface area contributed by atoms with Crippen molar-refractivity contribution < 1.29 is 4.79 Å². The van der Waals surface area contributed by atoms with Gasteiger partial charge in [0.25, 0.3) is 5.91 Å². The lowest BCUT2D eigenvalue weighted by molar-refractivity contribution is 0.0791. The van der Waals surface area contributed by atoms with E-state index in [-0.39, 0.29) is 5.91 Å². The van der Waals surface area contributed by atoms with Crippen molar-refractivity contribution in [2.45, 2.75) is 12.3 Å². The summed E-state index contributed by atoms with van der Waals surface area (Å²) in [6, 6.07) is 3.87. The molecule has 3 heterocycles. The van der Waals surface area contributed by atoms with Crippen molar-refractivity contribution >= 4 is 17.2 Å². The fourth-order valence-corrected chi connectivity index (χ4v) is 2.89. The third kappa shape index (κ3) is 1.98. The van der Waals surface area contributed by atoms with E-state index in [1.165, 1.54) is 0 Å². The molecular formula is C12H13N3OS. The van der Waals surface area contributed by atoms with Gasteiger partial charge in [0.15, 0.2) is 0 Å². The monoisotopic (exact) mass is 247 g/mol. The molecule has 1 saturated heterocycles. The molecule has 3 rings (SSSR count). The number of aromatic amines is 1. The quantitative estimate of drug-likeness (QED) is 0.883. The van der Waals surface area contributed by atoms with E-state index in [4.69, 9.17) is 0 Å². The van der Waals surface area contributed by atoms with Gasteiger partial charge >= 0.3 is 0 Å². The topological polar surface area (TPSA) is 49.0 Å². The van der Waals surface area contributed by atoms with Gasteiger partial charge in [0, 0.05) is 36.3 Å². The van der Waals surface area contributed by atoms with Crippen LogP contribution in [-0.4, -0.2) is 34.1 Å². The molecule has 0 spiro atoms. The van der Waals surface area contributed by atoms with E-state index >= 15 is 0 Å². The minimum atomic E-state index is 0.147. The average Bonchev–Trinajstić information content (AvgIpc) is 3.09. The van der Waals surface area contributed by atoms with Gasteiger partial charge in [-0.05, 0) is 23.9 Å². The zero-order valence-electron chi connectivity index (χ0n) is 9.30. The van der Waals surface area contributed by atoms with E-state index in [1.807, 2.05) is 27.8 Å². The van der Waals surface area contributed by atoms with E-state index in [2.05, 4.69) is 10.2 Å². The van der Waals surface area contributed by atoms with Crippen molar-refractivity contribution in [3.05, 3.63) is 40.3 Å². The van der Waals surface area contributed by atoms with Crippen LogP contribution in [0.15, 0.2) is 29.1 Å². The van der Waals surface area contributed by atoms with Gasteiger partial charge in [-0.2, -0.15) is 16.4 Å². The molecule has 0 aliphatic carbocycles. The Morgan fingerprint density at radius 1 is 1.53 bits per heavy atom. The number of thiophene rings is 1.